The summed E-state index contributed by atoms with van der Waals surface area (Å²) < 4.78 is 4.74. The van der Waals surface area contributed by atoms with E-state index in [-0.39, 0.29) is 0 Å². The molecule has 0 fully saturated rings. The molecule has 0 atom stereocenters. The minimum Gasteiger partial charge on any atom is -0.307 e. The van der Waals surface area contributed by atoms with Gasteiger partial charge < -0.3 is 4.57 Å². The van der Waals surface area contributed by atoms with Crippen LogP contribution in [0.15, 0.2) is 97.1 Å². The summed E-state index contributed by atoms with van der Waals surface area (Å²) in [5.41, 5.74) is 10.7. The number of allylic oxidation sites excluding steroid dienone is 1. The molecule has 0 amide bonds. The summed E-state index contributed by atoms with van der Waals surface area (Å²) in [4.78, 5) is 5.34. The van der Waals surface area contributed by atoms with Crippen LogP contribution in [-0.4, -0.2) is 14.0 Å². The Morgan fingerprint density at radius 2 is 1.26 bits per heavy atom. The average molecular weight is 436 g/mol. The smallest absolute Gasteiger partial charge is 0.146 e. The molecule has 1 aliphatic carbocycles. The zero-order chi connectivity index (χ0) is 22.2. The summed E-state index contributed by atoms with van der Waals surface area (Å²) >= 11 is 0. The fourth-order valence-electron chi connectivity index (χ4n) is 5.95. The second-order valence-electron chi connectivity index (χ2n) is 9.14. The molecule has 0 aliphatic heterocycles. The van der Waals surface area contributed by atoms with Crippen LogP contribution in [0.25, 0.3) is 61.2 Å². The molecule has 0 spiro atoms. The third-order valence-electron chi connectivity index (χ3n) is 7.37. The quantitative estimate of drug-likeness (QED) is 0.259. The highest BCUT2D eigenvalue weighted by Crippen LogP contribution is 2.37. The SMILES string of the molecule is C1=Cc2c(c3ccccc3n3c2nc2c(-n4c5ccccc5c5ccccc54)cccc23)CC1. The van der Waals surface area contributed by atoms with Crippen LogP contribution in [0.5, 0.6) is 0 Å². The van der Waals surface area contributed by atoms with Crippen molar-refractivity contribution in [2.75, 3.05) is 0 Å². The molecule has 0 saturated carbocycles. The number of fused-ring (bicyclic) bond motifs is 11. The fraction of sp³-hybridized carbons (Fsp3) is 0.0645. The van der Waals surface area contributed by atoms with Crippen molar-refractivity contribution in [2.45, 2.75) is 12.8 Å². The van der Waals surface area contributed by atoms with Crippen molar-refractivity contribution in [3.05, 3.63) is 108 Å². The maximum atomic E-state index is 5.34. The summed E-state index contributed by atoms with van der Waals surface area (Å²) in [6.45, 7) is 0. The lowest BCUT2D eigenvalue weighted by atomic mass is 9.94. The first-order valence-electron chi connectivity index (χ1n) is 11.9. The van der Waals surface area contributed by atoms with E-state index in [0.717, 1.165) is 35.2 Å². The van der Waals surface area contributed by atoms with Crippen molar-refractivity contribution in [3.8, 4) is 5.69 Å². The number of aromatic nitrogens is 3. The van der Waals surface area contributed by atoms with E-state index in [4.69, 9.17) is 4.98 Å². The van der Waals surface area contributed by atoms with Crippen molar-refractivity contribution in [1.82, 2.24) is 14.0 Å². The molecule has 8 rings (SSSR count). The largest absolute Gasteiger partial charge is 0.307 e. The number of rotatable bonds is 1. The number of nitrogens with zero attached hydrogens (tertiary/aromatic N) is 3. The molecule has 0 bridgehead atoms. The van der Waals surface area contributed by atoms with Crippen LogP contribution in [-0.2, 0) is 6.42 Å². The van der Waals surface area contributed by atoms with Crippen LogP contribution in [0.3, 0.4) is 0 Å². The Labute approximate surface area is 196 Å². The van der Waals surface area contributed by atoms with E-state index in [1.54, 1.807) is 0 Å². The topological polar surface area (TPSA) is 22.2 Å². The number of hydrogen-bond donors (Lipinski definition) is 0. The lowest BCUT2D eigenvalue weighted by Crippen LogP contribution is -2.01. The molecule has 0 radical (unpaired) electrons. The van der Waals surface area contributed by atoms with Gasteiger partial charge in [0.2, 0.25) is 0 Å². The molecule has 7 aromatic rings. The van der Waals surface area contributed by atoms with Gasteiger partial charge in [0.05, 0.1) is 27.8 Å². The van der Waals surface area contributed by atoms with Gasteiger partial charge in [-0.3, -0.25) is 4.40 Å². The second kappa shape index (κ2) is 6.58. The highest BCUT2D eigenvalue weighted by atomic mass is 15.1. The molecule has 3 nitrogen and oxygen atoms in total. The van der Waals surface area contributed by atoms with Crippen LogP contribution in [0.2, 0.25) is 0 Å². The molecule has 4 aromatic carbocycles. The van der Waals surface area contributed by atoms with Gasteiger partial charge in [-0.05, 0) is 48.7 Å². The molecule has 160 valence electrons. The first kappa shape index (κ1) is 18.1. The first-order chi connectivity index (χ1) is 16.9. The minimum absolute atomic E-state index is 1.03. The van der Waals surface area contributed by atoms with Gasteiger partial charge in [0.25, 0.3) is 0 Å². The van der Waals surface area contributed by atoms with Crippen molar-refractivity contribution >= 4 is 55.5 Å². The van der Waals surface area contributed by atoms with Crippen molar-refractivity contribution in [1.29, 1.82) is 0 Å². The Kier molecular flexibility index (Phi) is 3.50. The van der Waals surface area contributed by atoms with Gasteiger partial charge in [0, 0.05) is 21.7 Å². The lowest BCUT2D eigenvalue weighted by Gasteiger charge is -2.16. The van der Waals surface area contributed by atoms with E-state index >= 15 is 0 Å². The molecule has 0 saturated heterocycles. The third kappa shape index (κ3) is 2.24. The number of para-hydroxylation sites is 4. The molecule has 3 heterocycles. The molecule has 0 unspecified atom stereocenters. The second-order valence-corrected chi connectivity index (χ2v) is 9.14. The summed E-state index contributed by atoms with van der Waals surface area (Å²) in [7, 11) is 0. The molecule has 34 heavy (non-hydrogen) atoms. The normalized spacial score (nSPS) is 13.5. The number of imidazole rings is 1. The fourth-order valence-corrected chi connectivity index (χ4v) is 5.95. The average Bonchev–Trinajstić information content (AvgIpc) is 3.46. The Morgan fingerprint density at radius 1 is 0.618 bits per heavy atom. The number of hydrogen-bond acceptors (Lipinski definition) is 1. The summed E-state index contributed by atoms with van der Waals surface area (Å²) in [6, 6.07) is 32.7. The Bertz CT molecular complexity index is 1910. The maximum Gasteiger partial charge on any atom is 0.146 e. The highest BCUT2D eigenvalue weighted by Gasteiger charge is 2.21. The highest BCUT2D eigenvalue weighted by molar-refractivity contribution is 6.10. The lowest BCUT2D eigenvalue weighted by molar-refractivity contribution is 0.993. The zero-order valence-corrected chi connectivity index (χ0v) is 18.6. The first-order valence-corrected chi connectivity index (χ1v) is 11.9. The predicted octanol–water partition coefficient (Wildman–Crippen LogP) is 7.70. The van der Waals surface area contributed by atoms with Crippen LogP contribution in [0.1, 0.15) is 17.5 Å². The monoisotopic (exact) mass is 435 g/mol. The summed E-state index contributed by atoms with van der Waals surface area (Å²) in [5.74, 6) is 0. The molecule has 3 aromatic heterocycles. The zero-order valence-electron chi connectivity index (χ0n) is 18.6. The van der Waals surface area contributed by atoms with Crippen LogP contribution in [0, 0.1) is 0 Å². The molecule has 3 heteroatoms. The summed E-state index contributed by atoms with van der Waals surface area (Å²) in [6.07, 6.45) is 6.70. The van der Waals surface area contributed by atoms with Gasteiger partial charge in [-0.15, -0.1) is 0 Å². The van der Waals surface area contributed by atoms with E-state index < -0.39 is 0 Å². The standard InChI is InChI=1S/C31H21N3/c1-2-14-24-20(10-1)21-11-3-8-17-27(21)34-29-19-9-18-28(30(29)32-31(24)34)33-25-15-6-4-12-22(25)23-13-5-7-16-26(23)33/h2-9,11-19H,1,10H2. The molecular weight excluding hydrogens is 414 g/mol. The van der Waals surface area contributed by atoms with Gasteiger partial charge >= 0.3 is 0 Å². The number of pyridine rings is 1. The van der Waals surface area contributed by atoms with Crippen molar-refractivity contribution in [2.24, 2.45) is 0 Å². The van der Waals surface area contributed by atoms with Crippen LogP contribution >= 0.6 is 0 Å². The Balaban J connectivity index is 1.59. The van der Waals surface area contributed by atoms with Gasteiger partial charge in [-0.2, -0.15) is 0 Å². The van der Waals surface area contributed by atoms with Crippen molar-refractivity contribution < 1.29 is 0 Å². The maximum absolute atomic E-state index is 5.34. The molecule has 1 aliphatic rings. The van der Waals surface area contributed by atoms with E-state index in [1.165, 1.54) is 43.8 Å². The van der Waals surface area contributed by atoms with E-state index in [9.17, 15) is 0 Å². The number of benzene rings is 4. The molecule has 0 N–H and O–H groups in total. The Morgan fingerprint density at radius 3 is 2.03 bits per heavy atom. The van der Waals surface area contributed by atoms with Crippen molar-refractivity contribution in [3.63, 3.8) is 0 Å². The third-order valence-corrected chi connectivity index (χ3v) is 7.37. The van der Waals surface area contributed by atoms with Gasteiger partial charge in [0.15, 0.2) is 0 Å². The van der Waals surface area contributed by atoms with Gasteiger partial charge in [-0.25, -0.2) is 4.98 Å². The number of aryl methyl sites for hydroxylation is 1. The van der Waals surface area contributed by atoms with Crippen LogP contribution in [0.4, 0.5) is 0 Å². The Hall–Kier alpha value is -4.37. The summed E-state index contributed by atoms with van der Waals surface area (Å²) in [5, 5.41) is 3.87. The molecular formula is C31H21N3. The van der Waals surface area contributed by atoms with Gasteiger partial charge in [0.1, 0.15) is 11.2 Å². The van der Waals surface area contributed by atoms with E-state index in [0.29, 0.717) is 0 Å². The van der Waals surface area contributed by atoms with E-state index in [1.807, 2.05) is 0 Å². The van der Waals surface area contributed by atoms with Gasteiger partial charge in [-0.1, -0.05) is 72.8 Å². The van der Waals surface area contributed by atoms with E-state index in [2.05, 4.69) is 112 Å². The predicted molar refractivity (Wildman–Crippen MR) is 142 cm³/mol. The minimum atomic E-state index is 1.03. The van der Waals surface area contributed by atoms with Crippen LogP contribution < -0.4 is 0 Å².